The summed E-state index contributed by atoms with van der Waals surface area (Å²) in [6, 6.07) is 12.8. The minimum absolute atomic E-state index is 0.0123. The molecule has 0 saturated carbocycles. The molecule has 1 N–H and O–H groups in total. The summed E-state index contributed by atoms with van der Waals surface area (Å²) in [6.45, 7) is 1.87. The predicted molar refractivity (Wildman–Crippen MR) is 98.4 cm³/mol. The van der Waals surface area contributed by atoms with E-state index in [4.69, 9.17) is 9.47 Å². The number of rotatable bonds is 6. The third-order valence-electron chi connectivity index (χ3n) is 4.36. The van der Waals surface area contributed by atoms with Gasteiger partial charge in [0.25, 0.3) is 5.91 Å². The summed E-state index contributed by atoms with van der Waals surface area (Å²) in [4.78, 5) is 26.3. The van der Waals surface area contributed by atoms with Crippen molar-refractivity contribution in [3.8, 4) is 11.5 Å². The molecule has 1 aliphatic heterocycles. The van der Waals surface area contributed by atoms with Gasteiger partial charge in [-0.3, -0.25) is 9.59 Å². The molecule has 0 unspecified atom stereocenters. The van der Waals surface area contributed by atoms with E-state index in [0.717, 1.165) is 0 Å². The Bertz CT molecular complexity index is 842. The van der Waals surface area contributed by atoms with Crippen LogP contribution < -0.4 is 19.7 Å². The number of hydrogen-bond acceptors (Lipinski definition) is 4. The molecule has 1 aliphatic rings. The SMILES string of the molecule is COc1ccccc1N1C[C@H](NC(=O)[C@@H](C)Oc2ccccc2F)CC1=O. The van der Waals surface area contributed by atoms with E-state index in [2.05, 4.69) is 5.32 Å². The third kappa shape index (κ3) is 4.19. The molecule has 0 aliphatic carbocycles. The summed E-state index contributed by atoms with van der Waals surface area (Å²) in [5, 5.41) is 2.80. The average molecular weight is 372 g/mol. The second-order valence-electron chi connectivity index (χ2n) is 6.28. The molecule has 142 valence electrons. The lowest BCUT2D eigenvalue weighted by atomic mass is 10.2. The summed E-state index contributed by atoms with van der Waals surface area (Å²) in [5.41, 5.74) is 0.664. The Labute approximate surface area is 156 Å². The Morgan fingerprint density at radius 2 is 1.85 bits per heavy atom. The van der Waals surface area contributed by atoms with Crippen LogP contribution in [0.2, 0.25) is 0 Å². The Morgan fingerprint density at radius 3 is 2.56 bits per heavy atom. The molecule has 3 rings (SSSR count). The number of anilines is 1. The van der Waals surface area contributed by atoms with E-state index in [-0.39, 0.29) is 24.1 Å². The van der Waals surface area contributed by atoms with Crippen LogP contribution in [0.4, 0.5) is 10.1 Å². The van der Waals surface area contributed by atoms with E-state index >= 15 is 0 Å². The van der Waals surface area contributed by atoms with Crippen LogP contribution in [0.5, 0.6) is 11.5 Å². The lowest BCUT2D eigenvalue weighted by Crippen LogP contribution is -2.43. The fourth-order valence-corrected chi connectivity index (χ4v) is 2.99. The summed E-state index contributed by atoms with van der Waals surface area (Å²) in [6.07, 6.45) is -0.715. The van der Waals surface area contributed by atoms with Gasteiger partial charge in [-0.1, -0.05) is 24.3 Å². The first-order valence-electron chi connectivity index (χ1n) is 8.64. The molecule has 1 saturated heterocycles. The van der Waals surface area contributed by atoms with Crippen molar-refractivity contribution in [1.82, 2.24) is 5.32 Å². The number of nitrogens with zero attached hydrogens (tertiary/aromatic N) is 1. The summed E-state index contributed by atoms with van der Waals surface area (Å²) in [5.74, 6) is -0.437. The number of carbonyl (C=O) groups is 2. The van der Waals surface area contributed by atoms with Crippen molar-refractivity contribution in [3.63, 3.8) is 0 Å². The van der Waals surface area contributed by atoms with Crippen LogP contribution in [0.3, 0.4) is 0 Å². The second kappa shape index (κ2) is 8.07. The predicted octanol–water partition coefficient (Wildman–Crippen LogP) is 2.52. The van der Waals surface area contributed by atoms with Crippen LogP contribution in [-0.2, 0) is 9.59 Å². The minimum Gasteiger partial charge on any atom is -0.495 e. The lowest BCUT2D eigenvalue weighted by Gasteiger charge is -2.21. The fourth-order valence-electron chi connectivity index (χ4n) is 2.99. The van der Waals surface area contributed by atoms with Gasteiger partial charge >= 0.3 is 0 Å². The van der Waals surface area contributed by atoms with Gasteiger partial charge in [0.15, 0.2) is 17.7 Å². The third-order valence-corrected chi connectivity index (χ3v) is 4.36. The number of hydrogen-bond donors (Lipinski definition) is 1. The van der Waals surface area contributed by atoms with Gasteiger partial charge < -0.3 is 19.7 Å². The highest BCUT2D eigenvalue weighted by atomic mass is 19.1. The van der Waals surface area contributed by atoms with Crippen LogP contribution in [-0.4, -0.2) is 37.6 Å². The molecule has 0 bridgehead atoms. The molecule has 1 fully saturated rings. The van der Waals surface area contributed by atoms with Gasteiger partial charge in [0.05, 0.1) is 18.8 Å². The lowest BCUT2D eigenvalue weighted by molar-refractivity contribution is -0.128. The first-order chi connectivity index (χ1) is 13.0. The Balaban J connectivity index is 1.62. The van der Waals surface area contributed by atoms with E-state index in [0.29, 0.717) is 18.0 Å². The zero-order chi connectivity index (χ0) is 19.4. The number of nitrogens with one attached hydrogen (secondary N) is 1. The summed E-state index contributed by atoms with van der Waals surface area (Å²) >= 11 is 0. The molecular formula is C20H21FN2O4. The van der Waals surface area contributed by atoms with Crippen molar-refractivity contribution in [1.29, 1.82) is 0 Å². The number of halogens is 1. The summed E-state index contributed by atoms with van der Waals surface area (Å²) in [7, 11) is 1.54. The molecule has 2 aromatic carbocycles. The molecule has 7 heteroatoms. The highest BCUT2D eigenvalue weighted by Gasteiger charge is 2.34. The first-order valence-corrected chi connectivity index (χ1v) is 8.64. The van der Waals surface area contributed by atoms with Gasteiger partial charge in [-0.2, -0.15) is 0 Å². The molecule has 1 heterocycles. The van der Waals surface area contributed by atoms with Crippen molar-refractivity contribution in [2.75, 3.05) is 18.6 Å². The number of amides is 2. The van der Waals surface area contributed by atoms with Gasteiger partial charge in [0.1, 0.15) is 5.75 Å². The van der Waals surface area contributed by atoms with Crippen LogP contribution in [0.1, 0.15) is 13.3 Å². The van der Waals surface area contributed by atoms with Crippen LogP contribution in [0.25, 0.3) is 0 Å². The van der Waals surface area contributed by atoms with Gasteiger partial charge in [-0.25, -0.2) is 4.39 Å². The Kier molecular flexibility index (Phi) is 5.59. The maximum atomic E-state index is 13.7. The van der Waals surface area contributed by atoms with Gasteiger partial charge in [-0.05, 0) is 31.2 Å². The maximum Gasteiger partial charge on any atom is 0.261 e. The van der Waals surface area contributed by atoms with Crippen molar-refractivity contribution >= 4 is 17.5 Å². The van der Waals surface area contributed by atoms with Crippen molar-refractivity contribution in [2.45, 2.75) is 25.5 Å². The smallest absolute Gasteiger partial charge is 0.261 e. The quantitative estimate of drug-likeness (QED) is 0.846. The van der Waals surface area contributed by atoms with Gasteiger partial charge in [0.2, 0.25) is 5.91 Å². The second-order valence-corrected chi connectivity index (χ2v) is 6.28. The molecule has 2 amide bonds. The molecule has 6 nitrogen and oxygen atoms in total. The highest BCUT2D eigenvalue weighted by molar-refractivity contribution is 5.98. The molecule has 27 heavy (non-hydrogen) atoms. The van der Waals surface area contributed by atoms with Gasteiger partial charge in [-0.15, -0.1) is 0 Å². The average Bonchev–Trinajstić information content (AvgIpc) is 3.03. The molecule has 2 atom stereocenters. The Morgan fingerprint density at radius 1 is 1.19 bits per heavy atom. The number of benzene rings is 2. The Hall–Kier alpha value is -3.09. The normalized spacial score (nSPS) is 17.5. The van der Waals surface area contributed by atoms with Crippen LogP contribution >= 0.6 is 0 Å². The van der Waals surface area contributed by atoms with E-state index in [1.165, 1.54) is 19.1 Å². The largest absolute Gasteiger partial charge is 0.495 e. The molecule has 0 spiro atoms. The van der Waals surface area contributed by atoms with Crippen LogP contribution in [0.15, 0.2) is 48.5 Å². The topological polar surface area (TPSA) is 67.9 Å². The highest BCUT2D eigenvalue weighted by Crippen LogP contribution is 2.31. The van der Waals surface area contributed by atoms with E-state index in [9.17, 15) is 14.0 Å². The molecule has 0 radical (unpaired) electrons. The van der Waals surface area contributed by atoms with Crippen molar-refractivity contribution in [2.24, 2.45) is 0 Å². The standard InChI is InChI=1S/C20H21FN2O4/c1-13(27-17-9-5-3-7-15(17)21)20(25)22-14-11-19(24)23(12-14)16-8-4-6-10-18(16)26-2/h3-10,13-14H,11-12H2,1-2H3,(H,22,25)/t13-,14-/m1/s1. The molecular weight excluding hydrogens is 351 g/mol. The maximum absolute atomic E-state index is 13.7. The van der Waals surface area contributed by atoms with E-state index in [1.807, 2.05) is 12.1 Å². The number of para-hydroxylation sites is 3. The zero-order valence-electron chi connectivity index (χ0n) is 15.1. The molecule has 2 aromatic rings. The first kappa shape index (κ1) is 18.7. The van der Waals surface area contributed by atoms with Crippen molar-refractivity contribution < 1.29 is 23.5 Å². The number of carbonyl (C=O) groups excluding carboxylic acids is 2. The van der Waals surface area contributed by atoms with E-state index < -0.39 is 17.8 Å². The minimum atomic E-state index is -0.891. The zero-order valence-corrected chi connectivity index (χ0v) is 15.1. The number of methoxy groups -OCH3 is 1. The van der Waals surface area contributed by atoms with Gasteiger partial charge in [0, 0.05) is 13.0 Å². The summed E-state index contributed by atoms with van der Waals surface area (Å²) < 4.78 is 24.3. The monoisotopic (exact) mass is 372 g/mol. The molecule has 0 aromatic heterocycles. The van der Waals surface area contributed by atoms with Crippen molar-refractivity contribution in [3.05, 3.63) is 54.3 Å². The van der Waals surface area contributed by atoms with Crippen LogP contribution in [0, 0.1) is 5.82 Å². The van der Waals surface area contributed by atoms with E-state index in [1.54, 1.807) is 36.3 Å². The fraction of sp³-hybridized carbons (Fsp3) is 0.300. The number of ether oxygens (including phenoxy) is 2.